The van der Waals surface area contributed by atoms with Crippen molar-refractivity contribution >= 4 is 5.69 Å². The monoisotopic (exact) mass is 462 g/mol. The Balaban J connectivity index is 1.34. The van der Waals surface area contributed by atoms with Gasteiger partial charge in [-0.3, -0.25) is 4.90 Å². The summed E-state index contributed by atoms with van der Waals surface area (Å²) in [7, 11) is 0. The molecule has 4 rings (SSSR count). The number of β-amino-alcohol motifs (C(OH)–C–C–N with tert-alkyl or cyclic N) is 2. The lowest BCUT2D eigenvalue weighted by Crippen LogP contribution is -2.55. The Morgan fingerprint density at radius 3 is 2.30 bits per heavy atom. The molecule has 2 saturated heterocycles. The SMILES string of the molecule is Cc1ccc(N2CCC(O)(CN3CCOC[C@@](O)(COc4cc(F)cc(F)c4)C3)CC2)cc1. The van der Waals surface area contributed by atoms with Gasteiger partial charge in [0, 0.05) is 56.6 Å². The van der Waals surface area contributed by atoms with Crippen LogP contribution in [0.5, 0.6) is 5.75 Å². The largest absolute Gasteiger partial charge is 0.490 e. The van der Waals surface area contributed by atoms with E-state index in [1.807, 2.05) is 4.90 Å². The number of hydrogen-bond acceptors (Lipinski definition) is 6. The summed E-state index contributed by atoms with van der Waals surface area (Å²) in [5, 5.41) is 22.3. The van der Waals surface area contributed by atoms with Crippen molar-refractivity contribution < 1.29 is 28.5 Å². The predicted octanol–water partition coefficient (Wildman–Crippen LogP) is 2.75. The molecule has 2 N–H and O–H groups in total. The topological polar surface area (TPSA) is 65.4 Å². The number of aliphatic hydroxyl groups is 2. The molecule has 2 aliphatic rings. The van der Waals surface area contributed by atoms with Gasteiger partial charge in [-0.25, -0.2) is 8.78 Å². The number of hydrogen-bond donors (Lipinski definition) is 2. The van der Waals surface area contributed by atoms with Crippen LogP contribution in [0.25, 0.3) is 0 Å². The normalized spacial score (nSPS) is 23.8. The van der Waals surface area contributed by atoms with Crippen LogP contribution in [0.2, 0.25) is 0 Å². The van der Waals surface area contributed by atoms with Crippen LogP contribution in [0, 0.1) is 18.6 Å². The summed E-state index contributed by atoms with van der Waals surface area (Å²) in [6.07, 6.45) is 1.24. The van der Waals surface area contributed by atoms with Crippen LogP contribution in [0.15, 0.2) is 42.5 Å². The zero-order chi connectivity index (χ0) is 23.5. The first-order valence-electron chi connectivity index (χ1n) is 11.4. The van der Waals surface area contributed by atoms with Crippen LogP contribution in [0.3, 0.4) is 0 Å². The Morgan fingerprint density at radius 1 is 0.970 bits per heavy atom. The summed E-state index contributed by atoms with van der Waals surface area (Å²) < 4.78 is 37.9. The van der Waals surface area contributed by atoms with Crippen molar-refractivity contribution in [2.24, 2.45) is 0 Å². The Labute approximate surface area is 193 Å². The molecule has 0 saturated carbocycles. The van der Waals surface area contributed by atoms with Gasteiger partial charge in [-0.1, -0.05) is 17.7 Å². The van der Waals surface area contributed by atoms with Crippen molar-refractivity contribution in [3.63, 3.8) is 0 Å². The van der Waals surface area contributed by atoms with Gasteiger partial charge >= 0.3 is 0 Å². The molecule has 180 valence electrons. The molecule has 0 amide bonds. The molecule has 0 bridgehead atoms. The van der Waals surface area contributed by atoms with Crippen molar-refractivity contribution in [2.45, 2.75) is 31.0 Å². The number of nitrogens with zero attached hydrogens (tertiary/aromatic N) is 2. The summed E-state index contributed by atoms with van der Waals surface area (Å²) in [6, 6.07) is 11.3. The predicted molar refractivity (Wildman–Crippen MR) is 122 cm³/mol. The highest BCUT2D eigenvalue weighted by Gasteiger charge is 2.39. The van der Waals surface area contributed by atoms with Gasteiger partial charge in [-0.2, -0.15) is 0 Å². The molecule has 0 unspecified atom stereocenters. The molecule has 8 heteroatoms. The van der Waals surface area contributed by atoms with Crippen LogP contribution in [-0.4, -0.2) is 78.9 Å². The molecule has 33 heavy (non-hydrogen) atoms. The van der Waals surface area contributed by atoms with Gasteiger partial charge in [-0.05, 0) is 31.9 Å². The highest BCUT2D eigenvalue weighted by atomic mass is 19.1. The van der Waals surface area contributed by atoms with E-state index in [4.69, 9.17) is 9.47 Å². The quantitative estimate of drug-likeness (QED) is 0.689. The Morgan fingerprint density at radius 2 is 1.64 bits per heavy atom. The van der Waals surface area contributed by atoms with Gasteiger partial charge in [0.25, 0.3) is 0 Å². The fourth-order valence-electron chi connectivity index (χ4n) is 4.56. The molecule has 2 heterocycles. The van der Waals surface area contributed by atoms with Gasteiger partial charge in [0.05, 0.1) is 18.8 Å². The van der Waals surface area contributed by atoms with E-state index < -0.39 is 22.8 Å². The molecule has 0 radical (unpaired) electrons. The first-order chi connectivity index (χ1) is 15.7. The Bertz CT molecular complexity index is 914. The molecule has 0 spiro atoms. The average Bonchev–Trinajstić information content (AvgIpc) is 2.94. The molecular weight excluding hydrogens is 430 g/mol. The van der Waals surface area contributed by atoms with E-state index in [0.29, 0.717) is 32.5 Å². The van der Waals surface area contributed by atoms with Crippen LogP contribution >= 0.6 is 0 Å². The summed E-state index contributed by atoms with van der Waals surface area (Å²) in [5.41, 5.74) is 0.151. The fourth-order valence-corrected chi connectivity index (χ4v) is 4.56. The first kappa shape index (κ1) is 23.9. The maximum Gasteiger partial charge on any atom is 0.134 e. The minimum absolute atomic E-state index is 0.0128. The zero-order valence-corrected chi connectivity index (χ0v) is 19.0. The summed E-state index contributed by atoms with van der Waals surface area (Å²) in [6.45, 7) is 5.07. The summed E-state index contributed by atoms with van der Waals surface area (Å²) in [4.78, 5) is 4.27. The number of halogens is 2. The van der Waals surface area contributed by atoms with E-state index in [9.17, 15) is 19.0 Å². The smallest absolute Gasteiger partial charge is 0.134 e. The van der Waals surface area contributed by atoms with Crippen LogP contribution in [0.1, 0.15) is 18.4 Å². The van der Waals surface area contributed by atoms with E-state index in [-0.39, 0.29) is 25.5 Å². The van der Waals surface area contributed by atoms with E-state index in [1.165, 1.54) is 5.56 Å². The first-order valence-corrected chi connectivity index (χ1v) is 11.4. The standard InChI is InChI=1S/C25H32F2N2O4/c1-19-2-4-22(5-3-19)29-8-6-24(30,7-9-29)15-28-10-11-32-17-25(31,16-28)18-33-23-13-20(26)12-21(27)14-23/h2-5,12-14,30-31H,6-11,15-18H2,1H3/t25-/m1/s1. The molecule has 0 aliphatic carbocycles. The molecular formula is C25H32F2N2O4. The van der Waals surface area contributed by atoms with E-state index in [1.54, 1.807) is 0 Å². The van der Waals surface area contributed by atoms with Crippen molar-refractivity contribution in [3.05, 3.63) is 59.7 Å². The van der Waals surface area contributed by atoms with Crippen LogP contribution in [0.4, 0.5) is 14.5 Å². The maximum absolute atomic E-state index is 13.4. The van der Waals surface area contributed by atoms with E-state index >= 15 is 0 Å². The molecule has 0 aromatic heterocycles. The van der Waals surface area contributed by atoms with Crippen molar-refractivity contribution in [2.75, 3.05) is 57.4 Å². The van der Waals surface area contributed by atoms with Gasteiger partial charge in [0.1, 0.15) is 29.6 Å². The van der Waals surface area contributed by atoms with Crippen molar-refractivity contribution in [1.82, 2.24) is 4.90 Å². The number of piperidine rings is 1. The van der Waals surface area contributed by atoms with E-state index in [0.717, 1.165) is 37.0 Å². The zero-order valence-electron chi connectivity index (χ0n) is 19.0. The number of ether oxygens (including phenoxy) is 2. The number of benzene rings is 2. The lowest BCUT2D eigenvalue weighted by Gasteiger charge is -2.42. The van der Waals surface area contributed by atoms with Crippen LogP contribution in [-0.2, 0) is 4.74 Å². The van der Waals surface area contributed by atoms with Gasteiger partial charge < -0.3 is 24.6 Å². The van der Waals surface area contributed by atoms with Crippen molar-refractivity contribution in [1.29, 1.82) is 0 Å². The Hall–Kier alpha value is -2.26. The minimum atomic E-state index is -1.36. The molecule has 6 nitrogen and oxygen atoms in total. The van der Waals surface area contributed by atoms with Gasteiger partial charge in [0.15, 0.2) is 0 Å². The third-order valence-electron chi connectivity index (χ3n) is 6.40. The summed E-state index contributed by atoms with van der Waals surface area (Å²) >= 11 is 0. The maximum atomic E-state index is 13.4. The lowest BCUT2D eigenvalue weighted by atomic mass is 9.90. The summed E-state index contributed by atoms with van der Waals surface area (Å²) in [5.74, 6) is -1.47. The second-order valence-electron chi connectivity index (χ2n) is 9.43. The Kier molecular flexibility index (Phi) is 7.19. The van der Waals surface area contributed by atoms with E-state index in [2.05, 4.69) is 36.1 Å². The van der Waals surface area contributed by atoms with Gasteiger partial charge in [-0.15, -0.1) is 0 Å². The number of anilines is 1. The molecule has 1 atom stereocenters. The number of aryl methyl sites for hydroxylation is 1. The number of rotatable bonds is 6. The minimum Gasteiger partial charge on any atom is -0.490 e. The second kappa shape index (κ2) is 9.93. The van der Waals surface area contributed by atoms with Gasteiger partial charge in [0.2, 0.25) is 0 Å². The second-order valence-corrected chi connectivity index (χ2v) is 9.43. The molecule has 2 aromatic carbocycles. The highest BCUT2D eigenvalue weighted by molar-refractivity contribution is 5.48. The highest BCUT2D eigenvalue weighted by Crippen LogP contribution is 2.28. The molecule has 2 aliphatic heterocycles. The fraction of sp³-hybridized carbons (Fsp3) is 0.520. The molecule has 2 fully saturated rings. The lowest BCUT2D eigenvalue weighted by molar-refractivity contribution is -0.0743. The van der Waals surface area contributed by atoms with Crippen molar-refractivity contribution in [3.8, 4) is 5.75 Å². The average molecular weight is 463 g/mol. The van der Waals surface area contributed by atoms with Crippen LogP contribution < -0.4 is 9.64 Å². The third kappa shape index (κ3) is 6.41. The molecule has 2 aromatic rings. The third-order valence-corrected chi connectivity index (χ3v) is 6.40.